The smallest absolute Gasteiger partial charge is 0.307 e. The van der Waals surface area contributed by atoms with Crippen LogP contribution in [-0.4, -0.2) is 100 Å². The van der Waals surface area contributed by atoms with Gasteiger partial charge in [-0.3, -0.25) is 20.7 Å². The Morgan fingerprint density at radius 2 is 1.50 bits per heavy atom. The summed E-state index contributed by atoms with van der Waals surface area (Å²) in [4.78, 5) is 16.6. The van der Waals surface area contributed by atoms with Crippen molar-refractivity contribution >= 4 is 5.97 Å². The molecule has 4 rings (SSSR count). The Kier molecular flexibility index (Phi) is 11.8. The monoisotopic (exact) mass is 507 g/mol. The molecule has 0 aromatic heterocycles. The maximum absolute atomic E-state index is 11.6. The summed E-state index contributed by atoms with van der Waals surface area (Å²) in [6, 6.07) is 0.642. The van der Waals surface area contributed by atoms with Crippen molar-refractivity contribution in [1.29, 1.82) is 0 Å². The number of esters is 1. The molecule has 0 atom stereocenters. The summed E-state index contributed by atoms with van der Waals surface area (Å²) in [6.45, 7) is 11.1. The molecule has 36 heavy (non-hydrogen) atoms. The zero-order chi connectivity index (χ0) is 25.2. The van der Waals surface area contributed by atoms with E-state index < -0.39 is 0 Å². The van der Waals surface area contributed by atoms with Crippen molar-refractivity contribution in [2.24, 2.45) is 17.8 Å². The predicted molar refractivity (Wildman–Crippen MR) is 144 cm³/mol. The van der Waals surface area contributed by atoms with Crippen LogP contribution in [0.3, 0.4) is 0 Å². The zero-order valence-corrected chi connectivity index (χ0v) is 23.0. The fourth-order valence-electron chi connectivity index (χ4n) is 6.87. The molecule has 2 aliphatic carbocycles. The zero-order valence-electron chi connectivity index (χ0n) is 23.0. The van der Waals surface area contributed by atoms with Crippen LogP contribution in [0, 0.1) is 17.8 Å². The highest BCUT2D eigenvalue weighted by atomic mass is 16.5. The lowest BCUT2D eigenvalue weighted by Gasteiger charge is -2.40. The SMILES string of the molecule is CCOC(=O)CCN1CCN(CCC2CCC(NC3NCC(C4CCC(OC)CC4)CN3)CC2)CC1. The van der Waals surface area contributed by atoms with E-state index in [4.69, 9.17) is 9.47 Å². The molecule has 2 saturated carbocycles. The highest BCUT2D eigenvalue weighted by Gasteiger charge is 2.31. The van der Waals surface area contributed by atoms with E-state index in [2.05, 4.69) is 25.8 Å². The van der Waals surface area contributed by atoms with Crippen molar-refractivity contribution in [2.45, 2.75) is 89.6 Å². The van der Waals surface area contributed by atoms with Crippen molar-refractivity contribution in [3.05, 3.63) is 0 Å². The minimum absolute atomic E-state index is 0.0651. The van der Waals surface area contributed by atoms with E-state index in [-0.39, 0.29) is 12.3 Å². The van der Waals surface area contributed by atoms with E-state index in [1.54, 1.807) is 0 Å². The Morgan fingerprint density at radius 3 is 2.11 bits per heavy atom. The number of nitrogens with one attached hydrogen (secondary N) is 3. The van der Waals surface area contributed by atoms with E-state index in [1.165, 1.54) is 64.3 Å². The van der Waals surface area contributed by atoms with Crippen LogP contribution < -0.4 is 16.0 Å². The summed E-state index contributed by atoms with van der Waals surface area (Å²) in [5.41, 5.74) is 0. The normalized spacial score (nSPS) is 34.9. The largest absolute Gasteiger partial charge is 0.466 e. The van der Waals surface area contributed by atoms with Crippen molar-refractivity contribution in [1.82, 2.24) is 25.8 Å². The van der Waals surface area contributed by atoms with Gasteiger partial charge in [0.1, 0.15) is 6.29 Å². The van der Waals surface area contributed by atoms with Gasteiger partial charge in [-0.05, 0) is 89.0 Å². The topological polar surface area (TPSA) is 78.1 Å². The molecule has 4 fully saturated rings. The number of nitrogens with zero attached hydrogens (tertiary/aromatic N) is 2. The van der Waals surface area contributed by atoms with Gasteiger partial charge in [0.05, 0.1) is 19.1 Å². The minimum atomic E-state index is -0.0651. The van der Waals surface area contributed by atoms with Crippen LogP contribution in [0.15, 0.2) is 0 Å². The van der Waals surface area contributed by atoms with E-state index in [0.29, 0.717) is 25.2 Å². The second kappa shape index (κ2) is 15.0. The first-order valence-corrected chi connectivity index (χ1v) is 15.0. The number of piperazine rings is 1. The third-order valence-electron chi connectivity index (χ3n) is 9.39. The van der Waals surface area contributed by atoms with Gasteiger partial charge >= 0.3 is 5.97 Å². The average molecular weight is 508 g/mol. The summed E-state index contributed by atoms with van der Waals surface area (Å²) < 4.78 is 10.6. The van der Waals surface area contributed by atoms with Crippen LogP contribution in [-0.2, 0) is 14.3 Å². The molecule has 2 aliphatic heterocycles. The summed E-state index contributed by atoms with van der Waals surface area (Å²) in [5, 5.41) is 11.4. The fourth-order valence-corrected chi connectivity index (χ4v) is 6.87. The van der Waals surface area contributed by atoms with Crippen molar-refractivity contribution in [3.63, 3.8) is 0 Å². The molecule has 0 spiro atoms. The maximum atomic E-state index is 11.6. The van der Waals surface area contributed by atoms with Crippen molar-refractivity contribution in [3.8, 4) is 0 Å². The predicted octanol–water partition coefficient (Wildman–Crippen LogP) is 2.39. The lowest BCUT2D eigenvalue weighted by atomic mass is 9.78. The molecule has 8 nitrogen and oxygen atoms in total. The molecule has 0 unspecified atom stereocenters. The lowest BCUT2D eigenvalue weighted by molar-refractivity contribution is -0.143. The molecule has 8 heteroatoms. The number of carbonyl (C=O) groups excluding carboxylic acids is 1. The molecule has 2 heterocycles. The number of hydrogen-bond acceptors (Lipinski definition) is 8. The fraction of sp³-hybridized carbons (Fsp3) is 0.964. The second-order valence-electron chi connectivity index (χ2n) is 11.7. The molecule has 0 bridgehead atoms. The van der Waals surface area contributed by atoms with Crippen LogP contribution in [0.1, 0.15) is 71.1 Å². The Bertz CT molecular complexity index is 621. The van der Waals surface area contributed by atoms with Gasteiger partial charge in [-0.1, -0.05) is 0 Å². The Morgan fingerprint density at radius 1 is 0.861 bits per heavy atom. The maximum Gasteiger partial charge on any atom is 0.307 e. The summed E-state index contributed by atoms with van der Waals surface area (Å²) in [7, 11) is 1.86. The van der Waals surface area contributed by atoms with Gasteiger partial charge in [0.2, 0.25) is 0 Å². The van der Waals surface area contributed by atoms with Gasteiger partial charge < -0.3 is 19.3 Å². The molecule has 0 aromatic rings. The highest BCUT2D eigenvalue weighted by molar-refractivity contribution is 5.69. The number of ether oxygens (including phenoxy) is 2. The third-order valence-corrected chi connectivity index (χ3v) is 9.39. The van der Waals surface area contributed by atoms with Gasteiger partial charge in [0.15, 0.2) is 0 Å². The molecule has 0 aromatic carbocycles. The van der Waals surface area contributed by atoms with Gasteiger partial charge in [0, 0.05) is 59.0 Å². The van der Waals surface area contributed by atoms with Crippen LogP contribution in [0.25, 0.3) is 0 Å². The minimum Gasteiger partial charge on any atom is -0.466 e. The highest BCUT2D eigenvalue weighted by Crippen LogP contribution is 2.32. The Labute approximate surface area is 219 Å². The number of carbonyl (C=O) groups is 1. The first-order valence-electron chi connectivity index (χ1n) is 15.0. The number of methoxy groups -OCH3 is 1. The van der Waals surface area contributed by atoms with E-state index >= 15 is 0 Å². The van der Waals surface area contributed by atoms with Crippen LogP contribution in [0.5, 0.6) is 0 Å². The van der Waals surface area contributed by atoms with Gasteiger partial charge in [-0.15, -0.1) is 0 Å². The van der Waals surface area contributed by atoms with Gasteiger partial charge in [-0.25, -0.2) is 0 Å². The Balaban J connectivity index is 1.03. The van der Waals surface area contributed by atoms with Crippen LogP contribution in [0.4, 0.5) is 0 Å². The summed E-state index contributed by atoms with van der Waals surface area (Å²) >= 11 is 0. The average Bonchev–Trinajstić information content (AvgIpc) is 2.93. The third kappa shape index (κ3) is 8.91. The van der Waals surface area contributed by atoms with E-state index in [9.17, 15) is 4.79 Å². The van der Waals surface area contributed by atoms with Crippen LogP contribution in [0.2, 0.25) is 0 Å². The molecule has 3 N–H and O–H groups in total. The summed E-state index contributed by atoms with van der Waals surface area (Å²) in [6.07, 6.45) is 13.0. The van der Waals surface area contributed by atoms with Gasteiger partial charge in [-0.2, -0.15) is 0 Å². The molecule has 2 saturated heterocycles. The molecule has 0 radical (unpaired) electrons. The number of hydrogen-bond donors (Lipinski definition) is 3. The number of rotatable bonds is 11. The van der Waals surface area contributed by atoms with E-state index in [0.717, 1.165) is 63.6 Å². The first kappa shape index (κ1) is 28.2. The van der Waals surface area contributed by atoms with E-state index in [1.807, 2.05) is 14.0 Å². The second-order valence-corrected chi connectivity index (χ2v) is 11.7. The molecular formula is C28H53N5O3. The molecule has 0 amide bonds. The quantitative estimate of drug-likeness (QED) is 0.368. The molecular weight excluding hydrogens is 454 g/mol. The van der Waals surface area contributed by atoms with Crippen molar-refractivity contribution in [2.75, 3.05) is 66.1 Å². The molecule has 4 aliphatic rings. The summed E-state index contributed by atoms with van der Waals surface area (Å²) in [5.74, 6) is 2.42. The lowest BCUT2D eigenvalue weighted by Crippen LogP contribution is -2.63. The first-order chi connectivity index (χ1) is 17.6. The Hall–Kier alpha value is -0.770. The van der Waals surface area contributed by atoms with Crippen molar-refractivity contribution < 1.29 is 14.3 Å². The molecule has 208 valence electrons. The van der Waals surface area contributed by atoms with Crippen LogP contribution >= 0.6 is 0 Å². The standard InChI is InChI=1S/C28H53N5O3/c1-3-36-27(34)13-15-33-18-16-32(17-19-33)14-12-22-4-8-25(9-5-22)31-28-29-20-24(21-30-28)23-6-10-26(35-2)11-7-23/h22-26,28-31H,3-21H2,1-2H3. The van der Waals surface area contributed by atoms with Gasteiger partial charge in [0.25, 0.3) is 0 Å².